The Bertz CT molecular complexity index is 571. The van der Waals surface area contributed by atoms with Gasteiger partial charge in [0.25, 0.3) is 5.91 Å². The van der Waals surface area contributed by atoms with Crippen LogP contribution in [0, 0.1) is 0 Å². The molecule has 9 heteroatoms. The number of carboxylic acid groups (broad SMARTS) is 1. The molecule has 1 aliphatic rings. The summed E-state index contributed by atoms with van der Waals surface area (Å²) in [6, 6.07) is 1.28. The number of pyridine rings is 1. The molecule has 1 aromatic heterocycles. The van der Waals surface area contributed by atoms with Gasteiger partial charge in [0.15, 0.2) is 6.09 Å². The maximum absolute atomic E-state index is 13.0. The number of nitrogens with zero attached hydrogens (tertiary/aromatic N) is 2. The smallest absolute Gasteiger partial charge is 0.418 e. The molecule has 120 valence electrons. The summed E-state index contributed by atoms with van der Waals surface area (Å²) in [4.78, 5) is 26.6. The highest BCUT2D eigenvalue weighted by atomic mass is 19.4. The van der Waals surface area contributed by atoms with E-state index >= 15 is 0 Å². The third kappa shape index (κ3) is 3.46. The van der Waals surface area contributed by atoms with Crippen molar-refractivity contribution in [3.05, 3.63) is 29.6 Å². The molecular weight excluding hydrogens is 303 g/mol. The first-order valence-electron chi connectivity index (χ1n) is 6.64. The van der Waals surface area contributed by atoms with Crippen molar-refractivity contribution in [3.8, 4) is 0 Å². The van der Waals surface area contributed by atoms with Gasteiger partial charge in [0, 0.05) is 6.20 Å². The van der Waals surface area contributed by atoms with Gasteiger partial charge in [0.05, 0.1) is 11.6 Å². The Labute approximate surface area is 123 Å². The summed E-state index contributed by atoms with van der Waals surface area (Å²) in [6.45, 7) is 0. The molecule has 2 rings (SSSR count). The predicted molar refractivity (Wildman–Crippen MR) is 66.2 cm³/mol. The number of rotatable bonds is 2. The zero-order chi connectivity index (χ0) is 16.3. The predicted octanol–water partition coefficient (Wildman–Crippen LogP) is 1.33. The van der Waals surface area contributed by atoms with Gasteiger partial charge in [0.1, 0.15) is 5.69 Å². The lowest BCUT2D eigenvalue weighted by molar-refractivity contribution is -0.256. The summed E-state index contributed by atoms with van der Waals surface area (Å²) < 4.78 is 38.9. The SMILES string of the molecule is O=C([O-])NN(C(=O)c1ncccc1C(F)(F)F)C1CCCC1. The molecule has 1 N–H and O–H groups in total. The van der Waals surface area contributed by atoms with E-state index < -0.39 is 35.5 Å². The Hall–Kier alpha value is -2.32. The van der Waals surface area contributed by atoms with Crippen LogP contribution in [0.1, 0.15) is 41.7 Å². The minimum Gasteiger partial charge on any atom is -0.529 e. The molecule has 0 spiro atoms. The number of alkyl halides is 3. The molecule has 1 aromatic rings. The van der Waals surface area contributed by atoms with E-state index in [1.165, 1.54) is 0 Å². The van der Waals surface area contributed by atoms with Crippen LogP contribution in [-0.2, 0) is 6.18 Å². The second-order valence-corrected chi connectivity index (χ2v) is 4.91. The van der Waals surface area contributed by atoms with E-state index in [9.17, 15) is 27.9 Å². The van der Waals surface area contributed by atoms with E-state index in [0.29, 0.717) is 17.9 Å². The number of aromatic nitrogens is 1. The van der Waals surface area contributed by atoms with Crippen molar-refractivity contribution in [1.29, 1.82) is 0 Å². The van der Waals surface area contributed by atoms with E-state index in [-0.39, 0.29) is 0 Å². The average molecular weight is 316 g/mol. The number of hydrazine groups is 1. The molecule has 6 nitrogen and oxygen atoms in total. The fourth-order valence-corrected chi connectivity index (χ4v) is 2.49. The maximum Gasteiger partial charge on any atom is 0.418 e. The third-order valence-corrected chi connectivity index (χ3v) is 3.44. The summed E-state index contributed by atoms with van der Waals surface area (Å²) in [5, 5.41) is 11.4. The Morgan fingerprint density at radius 3 is 2.50 bits per heavy atom. The lowest BCUT2D eigenvalue weighted by Gasteiger charge is -2.30. The van der Waals surface area contributed by atoms with Crippen molar-refractivity contribution in [2.45, 2.75) is 37.9 Å². The zero-order valence-electron chi connectivity index (χ0n) is 11.4. The minimum atomic E-state index is -4.76. The van der Waals surface area contributed by atoms with E-state index in [4.69, 9.17) is 0 Å². The van der Waals surface area contributed by atoms with Gasteiger partial charge < -0.3 is 9.90 Å². The van der Waals surface area contributed by atoms with Crippen LogP contribution in [0.2, 0.25) is 0 Å². The minimum absolute atomic E-state index is 0.500. The highest BCUT2D eigenvalue weighted by Gasteiger charge is 2.38. The first-order chi connectivity index (χ1) is 10.3. The van der Waals surface area contributed by atoms with E-state index in [2.05, 4.69) is 4.98 Å². The van der Waals surface area contributed by atoms with Crippen molar-refractivity contribution in [2.75, 3.05) is 0 Å². The van der Waals surface area contributed by atoms with Gasteiger partial charge in [-0.25, -0.2) is 5.01 Å². The van der Waals surface area contributed by atoms with Gasteiger partial charge in [-0.2, -0.15) is 13.2 Å². The number of hydrogen-bond donors (Lipinski definition) is 1. The average Bonchev–Trinajstić information content (AvgIpc) is 2.97. The highest BCUT2D eigenvalue weighted by molar-refractivity contribution is 5.94. The van der Waals surface area contributed by atoms with Crippen LogP contribution in [0.4, 0.5) is 18.0 Å². The molecule has 1 heterocycles. The molecule has 0 atom stereocenters. The van der Waals surface area contributed by atoms with Crippen molar-refractivity contribution in [1.82, 2.24) is 15.4 Å². The largest absolute Gasteiger partial charge is 0.529 e. The maximum atomic E-state index is 13.0. The molecule has 0 bridgehead atoms. The fraction of sp³-hybridized carbons (Fsp3) is 0.462. The van der Waals surface area contributed by atoms with Crippen LogP contribution < -0.4 is 10.5 Å². The molecule has 0 unspecified atom stereocenters. The van der Waals surface area contributed by atoms with Crippen LogP contribution in [0.15, 0.2) is 18.3 Å². The Morgan fingerprint density at radius 1 is 1.32 bits per heavy atom. The molecule has 1 fully saturated rings. The Kier molecular flexibility index (Phi) is 4.53. The summed E-state index contributed by atoms with van der Waals surface area (Å²) in [5.41, 5.74) is -0.262. The van der Waals surface area contributed by atoms with Crippen LogP contribution >= 0.6 is 0 Å². The Morgan fingerprint density at radius 2 is 1.95 bits per heavy atom. The van der Waals surface area contributed by atoms with Crippen LogP contribution in [0.5, 0.6) is 0 Å². The number of amides is 2. The molecule has 0 radical (unpaired) electrons. The van der Waals surface area contributed by atoms with Crippen molar-refractivity contribution < 1.29 is 27.9 Å². The van der Waals surface area contributed by atoms with Crippen molar-refractivity contribution >= 4 is 12.0 Å². The Balaban J connectivity index is 2.36. The third-order valence-electron chi connectivity index (χ3n) is 3.44. The number of hydrogen-bond acceptors (Lipinski definition) is 4. The number of halogens is 3. The van der Waals surface area contributed by atoms with Crippen LogP contribution in [-0.4, -0.2) is 28.0 Å². The normalized spacial score (nSPS) is 15.6. The monoisotopic (exact) mass is 316 g/mol. The van der Waals surface area contributed by atoms with Gasteiger partial charge in [0.2, 0.25) is 0 Å². The standard InChI is InChI=1S/C13H14F3N3O3/c14-13(15,16)9-6-3-7-17-10(9)11(20)19(18-12(21)22)8-4-1-2-5-8/h3,6-8,18H,1-2,4-5H2,(H,21,22)/p-1. The molecular formula is C13H13F3N3O3-. The van der Waals surface area contributed by atoms with E-state index in [0.717, 1.165) is 31.2 Å². The molecule has 0 saturated heterocycles. The van der Waals surface area contributed by atoms with Crippen LogP contribution in [0.25, 0.3) is 0 Å². The quantitative estimate of drug-likeness (QED) is 0.834. The molecule has 0 aromatic carbocycles. The number of carbonyl (C=O) groups excluding carboxylic acids is 2. The second-order valence-electron chi connectivity index (χ2n) is 4.91. The first-order valence-corrected chi connectivity index (χ1v) is 6.64. The van der Waals surface area contributed by atoms with Crippen molar-refractivity contribution in [2.24, 2.45) is 0 Å². The number of carbonyl (C=O) groups is 2. The first kappa shape index (κ1) is 16.1. The molecule has 1 saturated carbocycles. The second kappa shape index (κ2) is 6.20. The van der Waals surface area contributed by atoms with Crippen molar-refractivity contribution in [3.63, 3.8) is 0 Å². The van der Waals surface area contributed by atoms with Gasteiger partial charge >= 0.3 is 6.18 Å². The summed E-state index contributed by atoms with van der Waals surface area (Å²) in [6.07, 6.45) is -2.95. The van der Waals surface area contributed by atoms with Gasteiger partial charge in [-0.3, -0.25) is 15.2 Å². The summed E-state index contributed by atoms with van der Waals surface area (Å²) >= 11 is 0. The van der Waals surface area contributed by atoms with Gasteiger partial charge in [-0.15, -0.1) is 0 Å². The van der Waals surface area contributed by atoms with E-state index in [1.54, 1.807) is 5.43 Å². The topological polar surface area (TPSA) is 85.4 Å². The van der Waals surface area contributed by atoms with E-state index in [1.807, 2.05) is 0 Å². The molecule has 0 aliphatic heterocycles. The molecule has 22 heavy (non-hydrogen) atoms. The van der Waals surface area contributed by atoms with Crippen LogP contribution in [0.3, 0.4) is 0 Å². The molecule has 1 aliphatic carbocycles. The highest BCUT2D eigenvalue weighted by Crippen LogP contribution is 2.32. The summed E-state index contributed by atoms with van der Waals surface area (Å²) in [5.74, 6) is -1.14. The van der Waals surface area contributed by atoms with Gasteiger partial charge in [-0.1, -0.05) is 12.8 Å². The lowest BCUT2D eigenvalue weighted by atomic mass is 10.1. The summed E-state index contributed by atoms with van der Waals surface area (Å²) in [7, 11) is 0. The lowest BCUT2D eigenvalue weighted by Crippen LogP contribution is -2.55. The van der Waals surface area contributed by atoms with Gasteiger partial charge in [-0.05, 0) is 25.0 Å². The number of nitrogens with one attached hydrogen (secondary N) is 1. The molecule has 2 amide bonds. The zero-order valence-corrected chi connectivity index (χ0v) is 11.4. The fourth-order valence-electron chi connectivity index (χ4n) is 2.49.